The van der Waals surface area contributed by atoms with Crippen molar-refractivity contribution in [2.75, 3.05) is 20.2 Å². The van der Waals surface area contributed by atoms with Gasteiger partial charge in [0.1, 0.15) is 5.75 Å². The van der Waals surface area contributed by atoms with Crippen molar-refractivity contribution in [3.05, 3.63) is 26.6 Å². The molecule has 0 saturated heterocycles. The highest BCUT2D eigenvalue weighted by Crippen LogP contribution is 2.33. The standard InChI is InChI=1S/C13H17Br2NO3/c1-3-4-16(8-12(17)18)7-9-5-10(14)6-11(15)13(9)19-2/h5-6H,3-4,7-8H2,1-2H3,(H,17,18). The average molecular weight is 395 g/mol. The molecule has 4 nitrogen and oxygen atoms in total. The normalized spacial score (nSPS) is 10.8. The van der Waals surface area contributed by atoms with Crippen molar-refractivity contribution in [2.24, 2.45) is 0 Å². The Morgan fingerprint density at radius 3 is 2.63 bits per heavy atom. The van der Waals surface area contributed by atoms with Gasteiger partial charge in [-0.2, -0.15) is 0 Å². The number of hydrogen-bond donors (Lipinski definition) is 1. The second-order valence-electron chi connectivity index (χ2n) is 4.18. The fraction of sp³-hybridized carbons (Fsp3) is 0.462. The molecule has 0 saturated carbocycles. The molecule has 1 aromatic carbocycles. The van der Waals surface area contributed by atoms with Crippen molar-refractivity contribution in [3.63, 3.8) is 0 Å². The summed E-state index contributed by atoms with van der Waals surface area (Å²) in [6, 6.07) is 3.86. The lowest BCUT2D eigenvalue weighted by Crippen LogP contribution is -2.30. The lowest BCUT2D eigenvalue weighted by Gasteiger charge is -2.21. The highest BCUT2D eigenvalue weighted by Gasteiger charge is 2.15. The number of carboxylic acid groups (broad SMARTS) is 1. The first-order valence-corrected chi connectivity index (χ1v) is 7.52. The van der Waals surface area contributed by atoms with Gasteiger partial charge in [-0.3, -0.25) is 9.69 Å². The molecule has 0 aliphatic rings. The van der Waals surface area contributed by atoms with Crippen LogP contribution in [0.3, 0.4) is 0 Å². The molecule has 0 heterocycles. The molecule has 0 radical (unpaired) electrons. The van der Waals surface area contributed by atoms with Crippen molar-refractivity contribution in [1.29, 1.82) is 0 Å². The van der Waals surface area contributed by atoms with Gasteiger partial charge in [0.2, 0.25) is 0 Å². The average Bonchev–Trinajstić information content (AvgIpc) is 2.27. The molecule has 0 atom stereocenters. The molecule has 0 unspecified atom stereocenters. The molecule has 1 aromatic rings. The Balaban J connectivity index is 2.97. The third-order valence-electron chi connectivity index (χ3n) is 2.58. The number of rotatable bonds is 7. The van der Waals surface area contributed by atoms with E-state index in [-0.39, 0.29) is 6.54 Å². The molecule has 0 amide bonds. The number of benzene rings is 1. The topological polar surface area (TPSA) is 49.8 Å². The van der Waals surface area contributed by atoms with E-state index < -0.39 is 5.97 Å². The number of aliphatic carboxylic acids is 1. The summed E-state index contributed by atoms with van der Waals surface area (Å²) in [5.41, 5.74) is 0.957. The summed E-state index contributed by atoms with van der Waals surface area (Å²) < 4.78 is 7.16. The second kappa shape index (κ2) is 7.87. The van der Waals surface area contributed by atoms with E-state index in [0.29, 0.717) is 6.54 Å². The maximum atomic E-state index is 10.9. The highest BCUT2D eigenvalue weighted by atomic mass is 79.9. The van der Waals surface area contributed by atoms with E-state index in [1.165, 1.54) is 0 Å². The molecule has 0 aromatic heterocycles. The van der Waals surface area contributed by atoms with Crippen LogP contribution >= 0.6 is 31.9 Å². The summed E-state index contributed by atoms with van der Waals surface area (Å²) in [5.74, 6) is -0.0730. The zero-order valence-corrected chi connectivity index (χ0v) is 14.1. The minimum atomic E-state index is -0.818. The predicted molar refractivity (Wildman–Crippen MR) is 81.6 cm³/mol. The monoisotopic (exact) mass is 393 g/mol. The Morgan fingerprint density at radius 2 is 2.11 bits per heavy atom. The second-order valence-corrected chi connectivity index (χ2v) is 5.95. The van der Waals surface area contributed by atoms with Gasteiger partial charge in [-0.1, -0.05) is 22.9 Å². The molecule has 0 aliphatic carbocycles. The fourth-order valence-corrected chi connectivity index (χ4v) is 3.40. The lowest BCUT2D eigenvalue weighted by atomic mass is 10.2. The Kier molecular flexibility index (Phi) is 6.82. The maximum Gasteiger partial charge on any atom is 0.317 e. The number of hydrogen-bond acceptors (Lipinski definition) is 3. The van der Waals surface area contributed by atoms with E-state index in [1.807, 2.05) is 24.0 Å². The van der Waals surface area contributed by atoms with Crippen LogP contribution in [-0.4, -0.2) is 36.2 Å². The fourth-order valence-electron chi connectivity index (χ4n) is 1.92. The summed E-state index contributed by atoms with van der Waals surface area (Å²) in [4.78, 5) is 12.8. The van der Waals surface area contributed by atoms with Gasteiger partial charge in [0.15, 0.2) is 0 Å². The Hall–Kier alpha value is -0.590. The summed E-state index contributed by atoms with van der Waals surface area (Å²) in [5, 5.41) is 8.93. The van der Waals surface area contributed by atoms with Crippen LogP contribution in [0.1, 0.15) is 18.9 Å². The van der Waals surface area contributed by atoms with Crippen LogP contribution in [0, 0.1) is 0 Å². The number of halogens is 2. The number of methoxy groups -OCH3 is 1. The minimum absolute atomic E-state index is 0.0289. The first-order chi connectivity index (χ1) is 8.97. The highest BCUT2D eigenvalue weighted by molar-refractivity contribution is 9.11. The lowest BCUT2D eigenvalue weighted by molar-refractivity contribution is -0.138. The van der Waals surface area contributed by atoms with Crippen molar-refractivity contribution >= 4 is 37.8 Å². The molecule has 0 spiro atoms. The zero-order valence-electron chi connectivity index (χ0n) is 10.9. The van der Waals surface area contributed by atoms with E-state index in [1.54, 1.807) is 7.11 Å². The van der Waals surface area contributed by atoms with Gasteiger partial charge < -0.3 is 9.84 Å². The van der Waals surface area contributed by atoms with Gasteiger partial charge in [-0.15, -0.1) is 0 Å². The van der Waals surface area contributed by atoms with Crippen LogP contribution in [0.25, 0.3) is 0 Å². The molecule has 1 N–H and O–H groups in total. The smallest absolute Gasteiger partial charge is 0.317 e. The van der Waals surface area contributed by atoms with E-state index in [2.05, 4.69) is 31.9 Å². The Labute approximate surface area is 130 Å². The van der Waals surface area contributed by atoms with Gasteiger partial charge in [-0.05, 0) is 41.0 Å². The van der Waals surface area contributed by atoms with E-state index in [9.17, 15) is 4.79 Å². The summed E-state index contributed by atoms with van der Waals surface area (Å²) in [7, 11) is 1.61. The minimum Gasteiger partial charge on any atom is -0.495 e. The molecule has 1 rings (SSSR count). The number of ether oxygens (including phenoxy) is 1. The Morgan fingerprint density at radius 1 is 1.42 bits per heavy atom. The maximum absolute atomic E-state index is 10.9. The molecule has 6 heteroatoms. The van der Waals surface area contributed by atoms with E-state index in [0.717, 1.165) is 33.2 Å². The summed E-state index contributed by atoms with van der Waals surface area (Å²) in [6.45, 7) is 3.34. The van der Waals surface area contributed by atoms with Crippen LogP contribution in [-0.2, 0) is 11.3 Å². The Bertz CT molecular complexity index is 452. The molecule has 19 heavy (non-hydrogen) atoms. The first-order valence-electron chi connectivity index (χ1n) is 5.94. The molecule has 106 valence electrons. The molecular formula is C13H17Br2NO3. The molecule has 0 bridgehead atoms. The summed E-state index contributed by atoms with van der Waals surface area (Å²) >= 11 is 6.88. The van der Waals surface area contributed by atoms with Crippen LogP contribution in [0.5, 0.6) is 5.75 Å². The van der Waals surface area contributed by atoms with Crippen LogP contribution < -0.4 is 4.74 Å². The predicted octanol–water partition coefficient (Wildman–Crippen LogP) is 3.52. The SMILES string of the molecule is CCCN(CC(=O)O)Cc1cc(Br)cc(Br)c1OC. The largest absolute Gasteiger partial charge is 0.495 e. The zero-order chi connectivity index (χ0) is 14.4. The van der Waals surface area contributed by atoms with E-state index in [4.69, 9.17) is 9.84 Å². The van der Waals surface area contributed by atoms with Crippen molar-refractivity contribution < 1.29 is 14.6 Å². The van der Waals surface area contributed by atoms with Crippen LogP contribution in [0.2, 0.25) is 0 Å². The van der Waals surface area contributed by atoms with Gasteiger partial charge in [0, 0.05) is 16.6 Å². The van der Waals surface area contributed by atoms with Crippen molar-refractivity contribution in [2.45, 2.75) is 19.9 Å². The van der Waals surface area contributed by atoms with Gasteiger partial charge >= 0.3 is 5.97 Å². The quantitative estimate of drug-likeness (QED) is 0.768. The molecular weight excluding hydrogens is 378 g/mol. The van der Waals surface area contributed by atoms with Gasteiger partial charge in [0.25, 0.3) is 0 Å². The number of nitrogens with zero attached hydrogens (tertiary/aromatic N) is 1. The van der Waals surface area contributed by atoms with Gasteiger partial charge in [-0.25, -0.2) is 0 Å². The number of carboxylic acids is 1. The summed E-state index contributed by atoms with van der Waals surface area (Å²) in [6.07, 6.45) is 0.908. The van der Waals surface area contributed by atoms with Crippen molar-refractivity contribution in [1.82, 2.24) is 4.90 Å². The molecule has 0 fully saturated rings. The molecule has 0 aliphatic heterocycles. The van der Waals surface area contributed by atoms with Crippen molar-refractivity contribution in [3.8, 4) is 5.75 Å². The third kappa shape index (κ3) is 5.12. The first kappa shape index (κ1) is 16.5. The van der Waals surface area contributed by atoms with E-state index >= 15 is 0 Å². The van der Waals surface area contributed by atoms with Gasteiger partial charge in [0.05, 0.1) is 18.1 Å². The third-order valence-corrected chi connectivity index (χ3v) is 3.63. The number of carbonyl (C=O) groups is 1. The van der Waals surface area contributed by atoms with Crippen LogP contribution in [0.15, 0.2) is 21.1 Å². The van der Waals surface area contributed by atoms with Crippen LogP contribution in [0.4, 0.5) is 0 Å².